The van der Waals surface area contributed by atoms with Crippen LogP contribution in [0.25, 0.3) is 0 Å². The van der Waals surface area contributed by atoms with Crippen molar-refractivity contribution in [2.24, 2.45) is 0 Å². The molecule has 0 radical (unpaired) electrons. The van der Waals surface area contributed by atoms with Crippen molar-refractivity contribution in [3.05, 3.63) is 29.3 Å². The maximum absolute atomic E-state index is 8.75. The van der Waals surface area contributed by atoms with Gasteiger partial charge in [-0.2, -0.15) is 5.26 Å². The summed E-state index contributed by atoms with van der Waals surface area (Å²) in [6.45, 7) is 0.611. The summed E-state index contributed by atoms with van der Waals surface area (Å²) in [5, 5.41) is 11.7. The van der Waals surface area contributed by atoms with E-state index < -0.39 is 0 Å². The summed E-state index contributed by atoms with van der Waals surface area (Å²) >= 11 is 0. The van der Waals surface area contributed by atoms with E-state index in [9.17, 15) is 0 Å². The molecule has 0 aliphatic heterocycles. The maximum atomic E-state index is 8.75. The Morgan fingerprint density at radius 3 is 2.87 bits per heavy atom. The number of benzene rings is 1. The van der Waals surface area contributed by atoms with Crippen LogP contribution >= 0.6 is 0 Å². The zero-order chi connectivity index (χ0) is 11.1. The first-order chi connectivity index (χ1) is 7.31. The smallest absolute Gasteiger partial charge is 0.134 e. The Kier molecular flexibility index (Phi) is 4.22. The minimum atomic E-state index is 0.588. The summed E-state index contributed by atoms with van der Waals surface area (Å²) in [4.78, 5) is 0. The highest BCUT2D eigenvalue weighted by atomic mass is 16.5. The molecule has 0 unspecified atom stereocenters. The summed E-state index contributed by atoms with van der Waals surface area (Å²) in [5.41, 5.74) is 1.33. The first-order valence-corrected chi connectivity index (χ1v) is 4.53. The zero-order valence-electron chi connectivity index (χ0n) is 8.79. The van der Waals surface area contributed by atoms with Gasteiger partial charge in [0.25, 0.3) is 0 Å². The monoisotopic (exact) mass is 200 g/mol. The van der Waals surface area contributed by atoms with E-state index >= 15 is 0 Å². The van der Waals surface area contributed by atoms with E-state index in [1.165, 1.54) is 0 Å². The minimum absolute atomic E-state index is 0.588. The van der Waals surface area contributed by atoms with Gasteiger partial charge in [0.1, 0.15) is 5.75 Å². The van der Waals surface area contributed by atoms with Crippen LogP contribution in [0.5, 0.6) is 5.75 Å². The Hall–Kier alpha value is -1.97. The zero-order valence-corrected chi connectivity index (χ0v) is 8.79. The molecule has 0 bridgehead atoms. The number of methoxy groups -OCH3 is 1. The number of hydrogen-bond donors (Lipinski definition) is 1. The molecule has 76 valence electrons. The highest BCUT2D eigenvalue weighted by Gasteiger charge is 2.00. The van der Waals surface area contributed by atoms with Crippen molar-refractivity contribution in [2.75, 3.05) is 20.7 Å². The highest BCUT2D eigenvalue weighted by molar-refractivity contribution is 5.50. The van der Waals surface area contributed by atoms with Gasteiger partial charge in [0, 0.05) is 0 Å². The molecule has 0 aliphatic rings. The average Bonchev–Trinajstić information content (AvgIpc) is 2.29. The van der Waals surface area contributed by atoms with Crippen molar-refractivity contribution in [3.8, 4) is 23.7 Å². The standard InChI is InChI=1S/C12H12N2O/c1-14-7-3-4-11-8-10(9-13)5-6-12(11)15-2/h5-6,8,14H,7H2,1-2H3. The summed E-state index contributed by atoms with van der Waals surface area (Å²) in [7, 11) is 3.42. The van der Waals surface area contributed by atoms with Crippen LogP contribution in [-0.4, -0.2) is 20.7 Å². The fourth-order valence-electron chi connectivity index (χ4n) is 1.10. The predicted molar refractivity (Wildman–Crippen MR) is 58.5 cm³/mol. The molecule has 0 atom stereocenters. The average molecular weight is 200 g/mol. The van der Waals surface area contributed by atoms with Crippen LogP contribution < -0.4 is 10.1 Å². The minimum Gasteiger partial charge on any atom is -0.495 e. The Bertz CT molecular complexity index is 435. The van der Waals surface area contributed by atoms with Crippen LogP contribution in [0.3, 0.4) is 0 Å². The molecule has 0 heterocycles. The largest absolute Gasteiger partial charge is 0.495 e. The third kappa shape index (κ3) is 3.02. The third-order valence-corrected chi connectivity index (χ3v) is 1.82. The van der Waals surface area contributed by atoms with Crippen LogP contribution in [0.15, 0.2) is 18.2 Å². The molecule has 0 saturated carbocycles. The van der Waals surface area contributed by atoms with E-state index in [0.29, 0.717) is 17.9 Å². The second-order valence-electron chi connectivity index (χ2n) is 2.86. The molecule has 0 fully saturated rings. The number of nitrogens with zero attached hydrogens (tertiary/aromatic N) is 1. The molecule has 1 aromatic rings. The van der Waals surface area contributed by atoms with E-state index in [1.807, 2.05) is 7.05 Å². The van der Waals surface area contributed by atoms with Gasteiger partial charge in [-0.1, -0.05) is 11.8 Å². The van der Waals surface area contributed by atoms with Crippen molar-refractivity contribution in [1.82, 2.24) is 5.32 Å². The summed E-state index contributed by atoms with van der Waals surface area (Å²) in [6, 6.07) is 7.26. The fourth-order valence-corrected chi connectivity index (χ4v) is 1.10. The molecule has 0 aliphatic carbocycles. The molecule has 15 heavy (non-hydrogen) atoms. The molecule has 1 rings (SSSR count). The maximum Gasteiger partial charge on any atom is 0.134 e. The van der Waals surface area contributed by atoms with Gasteiger partial charge in [-0.3, -0.25) is 0 Å². The second-order valence-corrected chi connectivity index (χ2v) is 2.86. The molecule has 0 saturated heterocycles. The van der Waals surface area contributed by atoms with Gasteiger partial charge in [-0.05, 0) is 25.2 Å². The normalized spacial score (nSPS) is 8.60. The van der Waals surface area contributed by atoms with Crippen molar-refractivity contribution in [1.29, 1.82) is 5.26 Å². The van der Waals surface area contributed by atoms with E-state index in [1.54, 1.807) is 25.3 Å². The molecule has 3 heteroatoms. The second kappa shape index (κ2) is 5.70. The third-order valence-electron chi connectivity index (χ3n) is 1.82. The Morgan fingerprint density at radius 1 is 1.47 bits per heavy atom. The fraction of sp³-hybridized carbons (Fsp3) is 0.250. The van der Waals surface area contributed by atoms with Crippen LogP contribution in [0.4, 0.5) is 0 Å². The van der Waals surface area contributed by atoms with Crippen LogP contribution in [0, 0.1) is 23.2 Å². The Morgan fingerprint density at radius 2 is 2.27 bits per heavy atom. The first kappa shape index (κ1) is 11.1. The predicted octanol–water partition coefficient (Wildman–Crippen LogP) is 1.14. The summed E-state index contributed by atoms with van der Waals surface area (Å²) < 4.78 is 5.14. The highest BCUT2D eigenvalue weighted by Crippen LogP contribution is 2.18. The quantitative estimate of drug-likeness (QED) is 0.728. The van der Waals surface area contributed by atoms with E-state index in [2.05, 4.69) is 23.2 Å². The van der Waals surface area contributed by atoms with Crippen molar-refractivity contribution in [3.63, 3.8) is 0 Å². The molecule has 1 aromatic carbocycles. The molecular formula is C12H12N2O. The van der Waals surface area contributed by atoms with Crippen molar-refractivity contribution in [2.45, 2.75) is 0 Å². The molecule has 1 N–H and O–H groups in total. The van der Waals surface area contributed by atoms with Crippen LogP contribution in [0.1, 0.15) is 11.1 Å². The first-order valence-electron chi connectivity index (χ1n) is 4.53. The number of rotatable bonds is 2. The van der Waals surface area contributed by atoms with Crippen molar-refractivity contribution < 1.29 is 4.74 Å². The topological polar surface area (TPSA) is 45.0 Å². The number of hydrogen-bond acceptors (Lipinski definition) is 3. The number of nitrogens with one attached hydrogen (secondary N) is 1. The lowest BCUT2D eigenvalue weighted by atomic mass is 10.1. The van der Waals surface area contributed by atoms with E-state index in [0.717, 1.165) is 5.56 Å². The lowest BCUT2D eigenvalue weighted by Crippen LogP contribution is -2.04. The van der Waals surface area contributed by atoms with E-state index in [4.69, 9.17) is 10.00 Å². The Labute approximate surface area is 89.7 Å². The van der Waals surface area contributed by atoms with Gasteiger partial charge in [0.05, 0.1) is 30.9 Å². The van der Waals surface area contributed by atoms with Gasteiger partial charge >= 0.3 is 0 Å². The van der Waals surface area contributed by atoms with Gasteiger partial charge in [0.15, 0.2) is 0 Å². The molecule has 0 spiro atoms. The summed E-state index contributed by atoms with van der Waals surface area (Å²) in [5.74, 6) is 6.57. The lowest BCUT2D eigenvalue weighted by Gasteiger charge is -2.02. The van der Waals surface area contributed by atoms with Gasteiger partial charge in [-0.15, -0.1) is 0 Å². The lowest BCUT2D eigenvalue weighted by molar-refractivity contribution is 0.413. The number of ether oxygens (including phenoxy) is 1. The molecule has 0 amide bonds. The van der Waals surface area contributed by atoms with Gasteiger partial charge in [0.2, 0.25) is 0 Å². The van der Waals surface area contributed by atoms with Crippen molar-refractivity contribution >= 4 is 0 Å². The van der Waals surface area contributed by atoms with Gasteiger partial charge in [-0.25, -0.2) is 0 Å². The SMILES string of the molecule is CNCC#Cc1cc(C#N)ccc1OC. The van der Waals surface area contributed by atoms with Crippen LogP contribution in [0.2, 0.25) is 0 Å². The molecular weight excluding hydrogens is 188 g/mol. The van der Waals surface area contributed by atoms with E-state index in [-0.39, 0.29) is 0 Å². The molecule has 3 nitrogen and oxygen atoms in total. The molecule has 0 aromatic heterocycles. The van der Waals surface area contributed by atoms with Gasteiger partial charge < -0.3 is 10.1 Å². The Balaban J connectivity index is 3.04. The summed E-state index contributed by atoms with van der Waals surface area (Å²) in [6.07, 6.45) is 0. The van der Waals surface area contributed by atoms with Crippen LogP contribution in [-0.2, 0) is 0 Å². The number of nitriles is 1.